The summed E-state index contributed by atoms with van der Waals surface area (Å²) in [5.74, 6) is 12.8. The zero-order valence-corrected chi connectivity index (χ0v) is 21.0. The number of benzene rings is 2. The van der Waals surface area contributed by atoms with Crippen LogP contribution in [-0.4, -0.2) is 15.3 Å². The van der Waals surface area contributed by atoms with Gasteiger partial charge in [0.2, 0.25) is 0 Å². The summed E-state index contributed by atoms with van der Waals surface area (Å²) in [7, 11) is 0. The van der Waals surface area contributed by atoms with Crippen LogP contribution in [0.25, 0.3) is 5.65 Å². The largest absolute Gasteiger partial charge is 0.322 e. The first kappa shape index (κ1) is 24.8. The molecule has 1 amide bonds. The van der Waals surface area contributed by atoms with Crippen molar-refractivity contribution in [2.24, 2.45) is 0 Å². The molecule has 0 aliphatic carbocycles. The van der Waals surface area contributed by atoms with Gasteiger partial charge in [-0.1, -0.05) is 54.7 Å². The molecule has 1 N–H and O–H groups in total. The van der Waals surface area contributed by atoms with Crippen LogP contribution in [-0.2, 0) is 0 Å². The number of fused-ring (bicyclic) bond motifs is 1. The molecule has 0 saturated carbocycles. The van der Waals surface area contributed by atoms with E-state index in [0.717, 1.165) is 53.9 Å². The molecular weight excluding hydrogens is 442 g/mol. The lowest BCUT2D eigenvalue weighted by Gasteiger charge is -2.06. The fraction of sp³-hybridized carbons (Fsp3) is 0.250. The molecule has 0 radical (unpaired) electrons. The van der Waals surface area contributed by atoms with E-state index in [9.17, 15) is 4.79 Å². The van der Waals surface area contributed by atoms with Gasteiger partial charge in [0.15, 0.2) is 0 Å². The number of aromatic nitrogens is 2. The number of unbranched alkanes of at least 4 members (excludes halogenated alkanes) is 5. The van der Waals surface area contributed by atoms with Gasteiger partial charge < -0.3 is 9.72 Å². The van der Waals surface area contributed by atoms with Crippen LogP contribution < -0.4 is 5.32 Å². The van der Waals surface area contributed by atoms with Crippen LogP contribution in [0.1, 0.15) is 71.4 Å². The van der Waals surface area contributed by atoms with Gasteiger partial charge in [-0.3, -0.25) is 4.79 Å². The Morgan fingerprint density at radius 1 is 0.833 bits per heavy atom. The first-order valence-corrected chi connectivity index (χ1v) is 12.5. The number of hydrogen-bond donors (Lipinski definition) is 1. The van der Waals surface area contributed by atoms with Crippen molar-refractivity contribution in [3.05, 3.63) is 101 Å². The minimum Gasteiger partial charge on any atom is -0.322 e. The maximum atomic E-state index is 12.8. The van der Waals surface area contributed by atoms with Gasteiger partial charge in [0.25, 0.3) is 5.91 Å². The van der Waals surface area contributed by atoms with Crippen molar-refractivity contribution in [3.63, 3.8) is 0 Å². The van der Waals surface area contributed by atoms with Crippen LogP contribution in [0.15, 0.2) is 72.9 Å². The van der Waals surface area contributed by atoms with Gasteiger partial charge in [0.05, 0.1) is 5.56 Å². The Kier molecular flexibility index (Phi) is 8.57. The lowest BCUT2D eigenvalue weighted by Crippen LogP contribution is -2.12. The number of carbonyl (C=O) groups is 1. The molecule has 4 nitrogen and oxygen atoms in total. The molecule has 180 valence electrons. The van der Waals surface area contributed by atoms with Gasteiger partial charge in [-0.25, -0.2) is 4.98 Å². The molecule has 0 spiro atoms. The van der Waals surface area contributed by atoms with E-state index in [0.29, 0.717) is 11.2 Å². The van der Waals surface area contributed by atoms with Gasteiger partial charge >= 0.3 is 0 Å². The maximum Gasteiger partial charge on any atom is 0.259 e. The van der Waals surface area contributed by atoms with E-state index < -0.39 is 0 Å². The van der Waals surface area contributed by atoms with E-state index >= 15 is 0 Å². The molecule has 2 aromatic carbocycles. The Bertz CT molecular complexity index is 1440. The number of nitrogens with zero attached hydrogens (tertiary/aromatic N) is 2. The van der Waals surface area contributed by atoms with Gasteiger partial charge in [-0.15, -0.1) is 0 Å². The Labute approximate surface area is 213 Å². The molecule has 0 bridgehead atoms. The van der Waals surface area contributed by atoms with Crippen molar-refractivity contribution < 1.29 is 4.79 Å². The fourth-order valence-electron chi connectivity index (χ4n) is 4.04. The molecule has 0 saturated heterocycles. The van der Waals surface area contributed by atoms with Crippen LogP contribution in [0.3, 0.4) is 0 Å². The summed E-state index contributed by atoms with van der Waals surface area (Å²) in [5.41, 5.74) is 5.95. The predicted molar refractivity (Wildman–Crippen MR) is 147 cm³/mol. The second kappa shape index (κ2) is 12.4. The van der Waals surface area contributed by atoms with Crippen LogP contribution >= 0.6 is 0 Å². The number of rotatable bonds is 7. The summed E-state index contributed by atoms with van der Waals surface area (Å²) < 4.78 is 1.93. The number of anilines is 1. The van der Waals surface area contributed by atoms with E-state index in [1.54, 1.807) is 0 Å². The second-order valence-corrected chi connectivity index (χ2v) is 8.88. The molecule has 2 heterocycles. The fourth-order valence-corrected chi connectivity index (χ4v) is 4.04. The van der Waals surface area contributed by atoms with Gasteiger partial charge in [0, 0.05) is 47.2 Å². The van der Waals surface area contributed by atoms with Crippen molar-refractivity contribution in [2.45, 2.75) is 52.4 Å². The average Bonchev–Trinajstić information content (AvgIpc) is 3.31. The zero-order valence-electron chi connectivity index (χ0n) is 21.0. The van der Waals surface area contributed by atoms with Gasteiger partial charge in [-0.05, 0) is 75.2 Å². The molecule has 36 heavy (non-hydrogen) atoms. The third kappa shape index (κ3) is 6.87. The Morgan fingerprint density at radius 3 is 2.14 bits per heavy atom. The zero-order chi connectivity index (χ0) is 25.2. The van der Waals surface area contributed by atoms with E-state index in [1.165, 1.54) is 12.8 Å². The average molecular weight is 474 g/mol. The predicted octanol–water partition coefficient (Wildman–Crippen LogP) is 6.95. The van der Waals surface area contributed by atoms with E-state index in [-0.39, 0.29) is 5.91 Å². The number of carbonyl (C=O) groups excluding carboxylic acids is 1. The summed E-state index contributed by atoms with van der Waals surface area (Å²) in [6.45, 7) is 3.94. The standard InChI is InChI=1S/C32H31N3O/c1-25-24-26(2)35-23-22-30(31(35)33-25)32(36)34-29-20-18-28(19-21-29)17-11-8-6-4-3-5-7-10-14-27-15-12-9-13-16-27/h9,12-13,15-16,18-24H,3-8H2,1-2H3,(H,34,36). The molecular formula is C32H31N3O. The SMILES string of the molecule is Cc1cc(C)n2ccc(C(=O)Nc3ccc(C#CCCCCCCC#Cc4ccccc4)cc3)c2n1. The highest BCUT2D eigenvalue weighted by atomic mass is 16.1. The number of nitrogens with one attached hydrogen (secondary N) is 1. The third-order valence-corrected chi connectivity index (χ3v) is 5.92. The molecule has 0 atom stereocenters. The van der Waals surface area contributed by atoms with Gasteiger partial charge in [0.1, 0.15) is 5.65 Å². The van der Waals surface area contributed by atoms with Crippen LogP contribution in [0, 0.1) is 37.5 Å². The smallest absolute Gasteiger partial charge is 0.259 e. The van der Waals surface area contributed by atoms with Crippen molar-refractivity contribution in [2.75, 3.05) is 5.32 Å². The first-order valence-electron chi connectivity index (χ1n) is 12.5. The number of hydrogen-bond acceptors (Lipinski definition) is 2. The number of aryl methyl sites for hydroxylation is 2. The Balaban J connectivity index is 1.18. The van der Waals surface area contributed by atoms with E-state index in [1.807, 2.05) is 91.2 Å². The van der Waals surface area contributed by atoms with Crippen molar-refractivity contribution in [1.29, 1.82) is 0 Å². The first-order chi connectivity index (χ1) is 17.6. The van der Waals surface area contributed by atoms with Crippen LogP contribution in [0.4, 0.5) is 5.69 Å². The molecule has 4 rings (SSSR count). The molecule has 2 aromatic heterocycles. The quantitative estimate of drug-likeness (QED) is 0.233. The number of amides is 1. The molecule has 4 aromatic rings. The molecule has 0 aliphatic rings. The molecule has 0 aliphatic heterocycles. The highest BCUT2D eigenvalue weighted by Crippen LogP contribution is 2.17. The third-order valence-electron chi connectivity index (χ3n) is 5.92. The van der Waals surface area contributed by atoms with Crippen molar-refractivity contribution >= 4 is 17.2 Å². The Morgan fingerprint density at radius 2 is 1.47 bits per heavy atom. The van der Waals surface area contributed by atoms with Crippen LogP contribution in [0.2, 0.25) is 0 Å². The highest BCUT2D eigenvalue weighted by Gasteiger charge is 2.14. The summed E-state index contributed by atoms with van der Waals surface area (Å²) in [6, 6.07) is 21.6. The monoisotopic (exact) mass is 473 g/mol. The minimum atomic E-state index is -0.167. The van der Waals surface area contributed by atoms with E-state index in [2.05, 4.69) is 34.0 Å². The lowest BCUT2D eigenvalue weighted by atomic mass is 10.1. The topological polar surface area (TPSA) is 46.4 Å². The Hall–Kier alpha value is -4.28. The molecule has 0 fully saturated rings. The second-order valence-electron chi connectivity index (χ2n) is 8.88. The van der Waals surface area contributed by atoms with Gasteiger partial charge in [-0.2, -0.15) is 0 Å². The van der Waals surface area contributed by atoms with Crippen molar-refractivity contribution in [1.82, 2.24) is 9.38 Å². The molecule has 4 heteroatoms. The normalized spacial score (nSPS) is 10.3. The minimum absolute atomic E-state index is 0.167. The van der Waals surface area contributed by atoms with Crippen molar-refractivity contribution in [3.8, 4) is 23.7 Å². The summed E-state index contributed by atoms with van der Waals surface area (Å²) in [5, 5.41) is 2.97. The maximum absolute atomic E-state index is 12.8. The van der Waals surface area contributed by atoms with Crippen LogP contribution in [0.5, 0.6) is 0 Å². The van der Waals surface area contributed by atoms with E-state index in [4.69, 9.17) is 0 Å². The summed E-state index contributed by atoms with van der Waals surface area (Å²) in [4.78, 5) is 17.4. The molecule has 0 unspecified atom stereocenters. The summed E-state index contributed by atoms with van der Waals surface area (Å²) >= 11 is 0. The highest BCUT2D eigenvalue weighted by molar-refractivity contribution is 6.08. The summed E-state index contributed by atoms with van der Waals surface area (Å²) in [6.07, 6.45) is 8.31. The lowest BCUT2D eigenvalue weighted by molar-refractivity contribution is 0.102.